The summed E-state index contributed by atoms with van der Waals surface area (Å²) in [5.41, 5.74) is 3.24. The van der Waals surface area contributed by atoms with Crippen molar-refractivity contribution >= 4 is 5.91 Å². The molecule has 1 amide bonds. The van der Waals surface area contributed by atoms with Gasteiger partial charge < -0.3 is 4.90 Å². The Morgan fingerprint density at radius 2 is 1.92 bits per heavy atom. The molecule has 0 N–H and O–H groups in total. The molecule has 0 bridgehead atoms. The number of hydrogen-bond donors (Lipinski definition) is 0. The predicted molar refractivity (Wildman–Crippen MR) is 103 cm³/mol. The molecule has 0 radical (unpaired) electrons. The van der Waals surface area contributed by atoms with Gasteiger partial charge in [0.2, 0.25) is 0 Å². The van der Waals surface area contributed by atoms with Gasteiger partial charge in [0.25, 0.3) is 5.91 Å². The average Bonchev–Trinajstić information content (AvgIpc) is 3.41. The maximum atomic E-state index is 13.4. The number of rotatable bonds is 4. The molecule has 1 saturated carbocycles. The second-order valence-corrected chi connectivity index (χ2v) is 8.96. The van der Waals surface area contributed by atoms with Crippen molar-refractivity contribution in [1.29, 1.82) is 0 Å². The molecule has 0 spiro atoms. The van der Waals surface area contributed by atoms with Crippen molar-refractivity contribution in [1.82, 2.24) is 19.6 Å². The SMILES string of the molecule is CC(C)[C@H]1CN(C(=O)c2nn(C)c3c2CCCC3)CCCN1CC1CC1. The first-order chi connectivity index (χ1) is 12.5. The van der Waals surface area contributed by atoms with Gasteiger partial charge >= 0.3 is 0 Å². The van der Waals surface area contributed by atoms with E-state index in [2.05, 4.69) is 28.7 Å². The summed E-state index contributed by atoms with van der Waals surface area (Å²) in [5.74, 6) is 1.64. The van der Waals surface area contributed by atoms with Crippen LogP contribution in [-0.2, 0) is 19.9 Å². The van der Waals surface area contributed by atoms with Crippen molar-refractivity contribution in [3.05, 3.63) is 17.0 Å². The number of fused-ring (bicyclic) bond motifs is 1. The highest BCUT2D eigenvalue weighted by Crippen LogP contribution is 2.32. The first-order valence-corrected chi connectivity index (χ1v) is 10.6. The van der Waals surface area contributed by atoms with Gasteiger partial charge in [-0.05, 0) is 56.8 Å². The zero-order valence-corrected chi connectivity index (χ0v) is 16.7. The lowest BCUT2D eigenvalue weighted by Crippen LogP contribution is -2.46. The largest absolute Gasteiger partial charge is 0.336 e. The van der Waals surface area contributed by atoms with Crippen LogP contribution in [0.25, 0.3) is 0 Å². The molecule has 1 aromatic heterocycles. The summed E-state index contributed by atoms with van der Waals surface area (Å²) in [6, 6.07) is 0.474. The molecule has 1 saturated heterocycles. The fraction of sp³-hybridized carbons (Fsp3) is 0.810. The van der Waals surface area contributed by atoms with Gasteiger partial charge in [0.15, 0.2) is 5.69 Å². The van der Waals surface area contributed by atoms with Gasteiger partial charge in [-0.15, -0.1) is 0 Å². The molecule has 2 fully saturated rings. The first-order valence-electron chi connectivity index (χ1n) is 10.6. The molecule has 4 rings (SSSR count). The molecule has 5 nitrogen and oxygen atoms in total. The number of nitrogens with zero attached hydrogens (tertiary/aromatic N) is 4. The average molecular weight is 359 g/mol. The van der Waals surface area contributed by atoms with Crippen LogP contribution in [0.3, 0.4) is 0 Å². The van der Waals surface area contributed by atoms with Gasteiger partial charge in [0.1, 0.15) is 0 Å². The Bertz CT molecular complexity index is 661. The second-order valence-electron chi connectivity index (χ2n) is 8.96. The maximum Gasteiger partial charge on any atom is 0.274 e. The standard InChI is InChI=1S/C21H34N4O/c1-15(2)19-14-25(12-6-11-24(19)13-16-9-10-16)21(26)20-17-7-4-5-8-18(17)23(3)22-20/h15-16,19H,4-14H2,1-3H3/t19-/m1/s1. The monoisotopic (exact) mass is 358 g/mol. The minimum absolute atomic E-state index is 0.169. The van der Waals surface area contributed by atoms with Crippen LogP contribution in [0, 0.1) is 11.8 Å². The second kappa shape index (κ2) is 7.34. The molecule has 1 aromatic rings. The third-order valence-electron chi connectivity index (χ3n) is 6.56. The van der Waals surface area contributed by atoms with Crippen LogP contribution in [0.5, 0.6) is 0 Å². The van der Waals surface area contributed by atoms with Crippen LogP contribution in [0.4, 0.5) is 0 Å². The molecule has 144 valence electrons. The Morgan fingerprint density at radius 3 is 2.65 bits per heavy atom. The quantitative estimate of drug-likeness (QED) is 0.831. The van der Waals surface area contributed by atoms with E-state index in [0.717, 1.165) is 50.5 Å². The van der Waals surface area contributed by atoms with E-state index in [9.17, 15) is 4.79 Å². The van der Waals surface area contributed by atoms with E-state index in [-0.39, 0.29) is 5.91 Å². The Labute approximate surface area is 157 Å². The summed E-state index contributed by atoms with van der Waals surface area (Å²) in [5, 5.41) is 4.66. The van der Waals surface area contributed by atoms with Crippen LogP contribution in [0.1, 0.15) is 67.7 Å². The third kappa shape index (κ3) is 3.55. The van der Waals surface area contributed by atoms with Gasteiger partial charge in [-0.3, -0.25) is 14.4 Å². The maximum absolute atomic E-state index is 13.4. The van der Waals surface area contributed by atoms with Crippen LogP contribution in [0.2, 0.25) is 0 Å². The molecule has 5 heteroatoms. The van der Waals surface area contributed by atoms with Crippen LogP contribution < -0.4 is 0 Å². The van der Waals surface area contributed by atoms with E-state index in [4.69, 9.17) is 0 Å². The smallest absolute Gasteiger partial charge is 0.274 e. The van der Waals surface area contributed by atoms with Crippen molar-refractivity contribution in [2.45, 2.75) is 64.8 Å². The number of carbonyl (C=O) groups is 1. The molecule has 3 aliphatic rings. The fourth-order valence-electron chi connectivity index (χ4n) is 4.83. The number of hydrogen-bond acceptors (Lipinski definition) is 3. The van der Waals surface area contributed by atoms with E-state index >= 15 is 0 Å². The molecule has 2 heterocycles. The molecular weight excluding hydrogens is 324 g/mol. The zero-order chi connectivity index (χ0) is 18.3. The van der Waals surface area contributed by atoms with Crippen molar-refractivity contribution in [3.8, 4) is 0 Å². The predicted octanol–water partition coefficient (Wildman–Crippen LogP) is 2.88. The zero-order valence-electron chi connectivity index (χ0n) is 16.7. The highest BCUT2D eigenvalue weighted by Gasteiger charge is 2.35. The van der Waals surface area contributed by atoms with E-state index in [1.54, 1.807) is 0 Å². The first kappa shape index (κ1) is 18.0. The summed E-state index contributed by atoms with van der Waals surface area (Å²) in [6.45, 7) is 8.69. The number of aryl methyl sites for hydroxylation is 1. The lowest BCUT2D eigenvalue weighted by atomic mass is 9.95. The summed E-state index contributed by atoms with van der Waals surface area (Å²) < 4.78 is 1.96. The Hall–Kier alpha value is -1.36. The topological polar surface area (TPSA) is 41.4 Å². The summed E-state index contributed by atoms with van der Waals surface area (Å²) >= 11 is 0. The Balaban J connectivity index is 1.54. The van der Waals surface area contributed by atoms with Crippen molar-refractivity contribution in [3.63, 3.8) is 0 Å². The Morgan fingerprint density at radius 1 is 1.15 bits per heavy atom. The molecule has 1 atom stereocenters. The fourth-order valence-corrected chi connectivity index (χ4v) is 4.83. The van der Waals surface area contributed by atoms with Crippen LogP contribution >= 0.6 is 0 Å². The molecule has 0 aromatic carbocycles. The van der Waals surface area contributed by atoms with Gasteiger partial charge in [0.05, 0.1) is 0 Å². The van der Waals surface area contributed by atoms with E-state index in [1.807, 2.05) is 11.7 Å². The van der Waals surface area contributed by atoms with Gasteiger partial charge in [-0.1, -0.05) is 13.8 Å². The van der Waals surface area contributed by atoms with Crippen LogP contribution in [-0.4, -0.2) is 57.7 Å². The summed E-state index contributed by atoms with van der Waals surface area (Å²) in [6.07, 6.45) is 8.35. The normalized spacial score (nSPS) is 24.6. The molecule has 0 unspecified atom stereocenters. The third-order valence-corrected chi connectivity index (χ3v) is 6.56. The van der Waals surface area contributed by atoms with Crippen molar-refractivity contribution < 1.29 is 4.79 Å². The Kier molecular flexibility index (Phi) is 5.09. The summed E-state index contributed by atoms with van der Waals surface area (Å²) in [4.78, 5) is 18.2. The summed E-state index contributed by atoms with van der Waals surface area (Å²) in [7, 11) is 2.00. The highest BCUT2D eigenvalue weighted by molar-refractivity contribution is 5.94. The molecule has 1 aliphatic heterocycles. The number of aromatic nitrogens is 2. The van der Waals surface area contributed by atoms with E-state index in [1.165, 1.54) is 43.5 Å². The van der Waals surface area contributed by atoms with Crippen LogP contribution in [0.15, 0.2) is 0 Å². The molecule has 26 heavy (non-hydrogen) atoms. The van der Waals surface area contributed by atoms with E-state index in [0.29, 0.717) is 12.0 Å². The molecule has 2 aliphatic carbocycles. The van der Waals surface area contributed by atoms with E-state index < -0.39 is 0 Å². The molecular formula is C21H34N4O. The van der Waals surface area contributed by atoms with Crippen molar-refractivity contribution in [2.75, 3.05) is 26.2 Å². The van der Waals surface area contributed by atoms with Gasteiger partial charge in [-0.2, -0.15) is 5.10 Å². The number of amides is 1. The minimum Gasteiger partial charge on any atom is -0.336 e. The minimum atomic E-state index is 0.169. The van der Waals surface area contributed by atoms with Crippen molar-refractivity contribution in [2.24, 2.45) is 18.9 Å². The lowest BCUT2D eigenvalue weighted by Gasteiger charge is -2.34. The number of carbonyl (C=O) groups excluding carboxylic acids is 1. The highest BCUT2D eigenvalue weighted by atomic mass is 16.2. The van der Waals surface area contributed by atoms with Gasteiger partial charge in [0, 0.05) is 50.5 Å². The van der Waals surface area contributed by atoms with Gasteiger partial charge in [-0.25, -0.2) is 0 Å². The lowest BCUT2D eigenvalue weighted by molar-refractivity contribution is 0.0696.